The Bertz CT molecular complexity index is 613. The van der Waals surface area contributed by atoms with Crippen LogP contribution in [0.25, 0.3) is 0 Å². The van der Waals surface area contributed by atoms with Crippen LogP contribution < -0.4 is 10.1 Å². The van der Waals surface area contributed by atoms with E-state index in [2.05, 4.69) is 10.2 Å². The molecule has 1 amide bonds. The van der Waals surface area contributed by atoms with E-state index in [0.29, 0.717) is 18.0 Å². The highest BCUT2D eigenvalue weighted by molar-refractivity contribution is 5.93. The van der Waals surface area contributed by atoms with Crippen LogP contribution in [0.3, 0.4) is 0 Å². The van der Waals surface area contributed by atoms with Crippen molar-refractivity contribution < 1.29 is 19.0 Å². The molecule has 2 aliphatic heterocycles. The molecule has 0 bridgehead atoms. The third-order valence-electron chi connectivity index (χ3n) is 5.28. The number of rotatable bonds is 5. The van der Waals surface area contributed by atoms with E-state index in [9.17, 15) is 4.79 Å². The predicted octanol–water partition coefficient (Wildman–Crippen LogP) is 2.21. The summed E-state index contributed by atoms with van der Waals surface area (Å²) in [6.45, 7) is 4.71. The van der Waals surface area contributed by atoms with Crippen molar-refractivity contribution in [1.82, 2.24) is 4.90 Å². The van der Waals surface area contributed by atoms with E-state index in [1.807, 2.05) is 25.1 Å². The van der Waals surface area contributed by atoms with E-state index in [4.69, 9.17) is 14.2 Å². The highest BCUT2D eigenvalue weighted by atomic mass is 16.5. The summed E-state index contributed by atoms with van der Waals surface area (Å²) in [6.07, 6.45) is 3.07. The van der Waals surface area contributed by atoms with Crippen molar-refractivity contribution in [3.63, 3.8) is 0 Å². The molecule has 6 heteroatoms. The molecule has 2 aliphatic rings. The van der Waals surface area contributed by atoms with Crippen LogP contribution in [0, 0.1) is 6.92 Å². The Kier molecular flexibility index (Phi) is 5.61. The third kappa shape index (κ3) is 3.97. The van der Waals surface area contributed by atoms with Gasteiger partial charge in [0, 0.05) is 26.8 Å². The number of piperidine rings is 1. The van der Waals surface area contributed by atoms with Gasteiger partial charge in [0.25, 0.3) is 0 Å². The number of benzene rings is 1. The van der Waals surface area contributed by atoms with E-state index in [1.54, 1.807) is 14.2 Å². The fraction of sp³-hybridized carbons (Fsp3) is 0.632. The lowest BCUT2D eigenvalue weighted by Crippen LogP contribution is -2.57. The third-order valence-corrected chi connectivity index (χ3v) is 5.28. The number of methoxy groups -OCH3 is 2. The molecule has 2 saturated heterocycles. The highest BCUT2D eigenvalue weighted by Gasteiger charge is 2.46. The number of nitrogens with zero attached hydrogens (tertiary/aromatic N) is 1. The summed E-state index contributed by atoms with van der Waals surface area (Å²) in [6, 6.07) is 5.75. The lowest BCUT2D eigenvalue weighted by Gasteiger charge is -2.44. The molecule has 0 radical (unpaired) electrons. The smallest absolute Gasteiger partial charge is 0.238 e. The van der Waals surface area contributed by atoms with Crippen molar-refractivity contribution in [1.29, 1.82) is 0 Å². The largest absolute Gasteiger partial charge is 0.495 e. The number of amides is 1. The summed E-state index contributed by atoms with van der Waals surface area (Å²) in [4.78, 5) is 14.6. The Hall–Kier alpha value is -1.63. The molecule has 25 heavy (non-hydrogen) atoms. The fourth-order valence-corrected chi connectivity index (χ4v) is 3.92. The van der Waals surface area contributed by atoms with Crippen molar-refractivity contribution in [3.8, 4) is 5.75 Å². The van der Waals surface area contributed by atoms with Gasteiger partial charge in [0.05, 0.1) is 31.0 Å². The molecule has 1 aromatic rings. The first kappa shape index (κ1) is 18.2. The summed E-state index contributed by atoms with van der Waals surface area (Å²) in [7, 11) is 3.34. The fourth-order valence-electron chi connectivity index (χ4n) is 3.92. The maximum atomic E-state index is 12.5. The van der Waals surface area contributed by atoms with Crippen LogP contribution in [0.5, 0.6) is 5.75 Å². The van der Waals surface area contributed by atoms with Crippen LogP contribution in [-0.2, 0) is 14.3 Å². The van der Waals surface area contributed by atoms with Gasteiger partial charge >= 0.3 is 0 Å². The second kappa shape index (κ2) is 7.72. The SMILES string of the molecule is COc1ccc(C)cc1NC(=O)CN1CC[C@@]2(CCCO2)[C@H](OC)C1. The van der Waals surface area contributed by atoms with Crippen LogP contribution in [0.1, 0.15) is 24.8 Å². The monoisotopic (exact) mass is 348 g/mol. The van der Waals surface area contributed by atoms with Gasteiger partial charge in [0.15, 0.2) is 0 Å². The van der Waals surface area contributed by atoms with Crippen molar-refractivity contribution >= 4 is 11.6 Å². The number of carbonyl (C=O) groups is 1. The van der Waals surface area contributed by atoms with Crippen LogP contribution in [-0.4, -0.2) is 63.0 Å². The molecule has 1 N–H and O–H groups in total. The van der Waals surface area contributed by atoms with Gasteiger partial charge in [-0.05, 0) is 43.9 Å². The number of likely N-dealkylation sites (tertiary alicyclic amines) is 1. The molecule has 138 valence electrons. The molecule has 1 spiro atoms. The van der Waals surface area contributed by atoms with E-state index < -0.39 is 0 Å². The first-order chi connectivity index (χ1) is 12.1. The molecule has 0 aromatic heterocycles. The minimum absolute atomic E-state index is 0.0186. The summed E-state index contributed by atoms with van der Waals surface area (Å²) >= 11 is 0. The molecule has 6 nitrogen and oxygen atoms in total. The number of hydrogen-bond donors (Lipinski definition) is 1. The first-order valence-electron chi connectivity index (χ1n) is 8.90. The average molecular weight is 348 g/mol. The van der Waals surface area contributed by atoms with Gasteiger partial charge in [-0.1, -0.05) is 6.07 Å². The number of nitrogens with one attached hydrogen (secondary N) is 1. The Morgan fingerprint density at radius 2 is 2.24 bits per heavy atom. The second-order valence-corrected chi connectivity index (χ2v) is 6.98. The highest BCUT2D eigenvalue weighted by Crippen LogP contribution is 2.37. The maximum absolute atomic E-state index is 12.5. The van der Waals surface area contributed by atoms with Crippen LogP contribution in [0.4, 0.5) is 5.69 Å². The number of hydrogen-bond acceptors (Lipinski definition) is 5. The Balaban J connectivity index is 1.59. The van der Waals surface area contributed by atoms with Gasteiger partial charge in [0.1, 0.15) is 5.75 Å². The van der Waals surface area contributed by atoms with Gasteiger partial charge in [-0.3, -0.25) is 9.69 Å². The maximum Gasteiger partial charge on any atom is 0.238 e. The lowest BCUT2D eigenvalue weighted by molar-refractivity contribution is -0.145. The Morgan fingerprint density at radius 1 is 1.40 bits per heavy atom. The summed E-state index contributed by atoms with van der Waals surface area (Å²) in [5.74, 6) is 0.632. The Morgan fingerprint density at radius 3 is 2.92 bits per heavy atom. The minimum atomic E-state index is -0.151. The quantitative estimate of drug-likeness (QED) is 0.884. The molecule has 3 rings (SSSR count). The van der Waals surface area contributed by atoms with Gasteiger partial charge in [0.2, 0.25) is 5.91 Å². The minimum Gasteiger partial charge on any atom is -0.495 e. The van der Waals surface area contributed by atoms with Gasteiger partial charge in [-0.15, -0.1) is 0 Å². The normalized spacial score (nSPS) is 26.8. The lowest BCUT2D eigenvalue weighted by atomic mass is 9.86. The van der Waals surface area contributed by atoms with E-state index in [-0.39, 0.29) is 17.6 Å². The average Bonchev–Trinajstić information content (AvgIpc) is 3.06. The van der Waals surface area contributed by atoms with E-state index in [0.717, 1.165) is 44.5 Å². The van der Waals surface area contributed by atoms with Crippen molar-refractivity contribution in [2.45, 2.75) is 37.9 Å². The standard InChI is InChI=1S/C19H28N2O4/c1-14-5-6-16(23-2)15(11-14)20-18(22)13-21-9-8-19(7-4-10-25-19)17(12-21)24-3/h5-6,11,17H,4,7-10,12-13H2,1-3H3,(H,20,22)/t17-,19+/m1/s1. The molecular weight excluding hydrogens is 320 g/mol. The summed E-state index contributed by atoms with van der Waals surface area (Å²) < 4.78 is 17.0. The van der Waals surface area contributed by atoms with Gasteiger partial charge in [-0.2, -0.15) is 0 Å². The number of aryl methyl sites for hydroxylation is 1. The van der Waals surface area contributed by atoms with Crippen LogP contribution in [0.15, 0.2) is 18.2 Å². The second-order valence-electron chi connectivity index (χ2n) is 6.98. The molecule has 0 saturated carbocycles. The molecule has 2 heterocycles. The van der Waals surface area contributed by atoms with Gasteiger partial charge in [-0.25, -0.2) is 0 Å². The van der Waals surface area contributed by atoms with Crippen molar-refractivity contribution in [2.75, 3.05) is 45.8 Å². The zero-order valence-corrected chi connectivity index (χ0v) is 15.3. The predicted molar refractivity (Wildman–Crippen MR) is 96.1 cm³/mol. The zero-order valence-electron chi connectivity index (χ0n) is 15.3. The molecule has 0 unspecified atom stereocenters. The molecule has 0 aliphatic carbocycles. The van der Waals surface area contributed by atoms with Crippen LogP contribution >= 0.6 is 0 Å². The first-order valence-corrected chi connectivity index (χ1v) is 8.90. The molecular formula is C19H28N2O4. The van der Waals surface area contributed by atoms with E-state index in [1.165, 1.54) is 0 Å². The zero-order chi connectivity index (χ0) is 17.9. The van der Waals surface area contributed by atoms with Gasteiger partial charge < -0.3 is 19.5 Å². The topological polar surface area (TPSA) is 60.0 Å². The summed E-state index contributed by atoms with van der Waals surface area (Å²) in [5.41, 5.74) is 1.64. The van der Waals surface area contributed by atoms with Crippen LogP contribution in [0.2, 0.25) is 0 Å². The van der Waals surface area contributed by atoms with E-state index >= 15 is 0 Å². The van der Waals surface area contributed by atoms with Crippen molar-refractivity contribution in [3.05, 3.63) is 23.8 Å². The Labute approximate surface area is 149 Å². The molecule has 2 fully saturated rings. The number of carbonyl (C=O) groups excluding carboxylic acids is 1. The molecule has 1 aromatic carbocycles. The van der Waals surface area contributed by atoms with Crippen molar-refractivity contribution in [2.24, 2.45) is 0 Å². The molecule has 2 atom stereocenters. The summed E-state index contributed by atoms with van der Waals surface area (Å²) in [5, 5.41) is 2.97. The number of ether oxygens (including phenoxy) is 3. The number of anilines is 1.